The second-order valence-corrected chi connectivity index (χ2v) is 15.6. The Bertz CT molecular complexity index is 2270. The predicted molar refractivity (Wildman–Crippen MR) is 218 cm³/mol. The smallest absolute Gasteiger partial charge is 0.407 e. The Morgan fingerprint density at radius 1 is 0.672 bits per heavy atom. The predicted octanol–water partition coefficient (Wildman–Crippen LogP) is 6.77. The van der Waals surface area contributed by atoms with Crippen LogP contribution in [0.25, 0.3) is 44.7 Å². The number of aromatic amines is 2. The number of nitrogens with zero attached hydrogens (tertiary/aromatic N) is 5. The lowest BCUT2D eigenvalue weighted by Crippen LogP contribution is -2.51. The number of likely N-dealkylation sites (tertiary alicyclic amines) is 2. The maximum atomic E-state index is 13.6. The number of hydrogen-bond acceptors (Lipinski definition) is 9. The van der Waals surface area contributed by atoms with Crippen molar-refractivity contribution < 1.29 is 28.7 Å². The van der Waals surface area contributed by atoms with Gasteiger partial charge < -0.3 is 39.9 Å². The summed E-state index contributed by atoms with van der Waals surface area (Å²) in [5, 5.41) is 5.39. The van der Waals surface area contributed by atoms with E-state index >= 15 is 0 Å². The number of alkyl carbamates (subject to hydrolysis) is 2. The highest BCUT2D eigenvalue weighted by Crippen LogP contribution is 2.35. The van der Waals surface area contributed by atoms with Crippen LogP contribution in [0.3, 0.4) is 0 Å². The third-order valence-corrected chi connectivity index (χ3v) is 11.2. The number of ether oxygens (including phenoxy) is 2. The lowest BCUT2D eigenvalue weighted by molar-refractivity contribution is -0.136. The van der Waals surface area contributed by atoms with E-state index in [1.54, 1.807) is 11.1 Å². The molecule has 15 heteroatoms. The molecule has 15 nitrogen and oxygen atoms in total. The highest BCUT2D eigenvalue weighted by atomic mass is 16.5. The first-order valence-corrected chi connectivity index (χ1v) is 19.9. The number of imidazole rings is 2. The second kappa shape index (κ2) is 17.1. The molecule has 0 aliphatic carbocycles. The molecule has 304 valence electrons. The van der Waals surface area contributed by atoms with Crippen LogP contribution in [0, 0.1) is 11.8 Å². The van der Waals surface area contributed by atoms with Crippen LogP contribution in [0.15, 0.2) is 67.0 Å². The number of H-pyrrole nitrogens is 2. The molecular weight excluding hydrogens is 739 g/mol. The Labute approximate surface area is 337 Å². The molecule has 2 aliphatic rings. The van der Waals surface area contributed by atoms with Gasteiger partial charge in [0, 0.05) is 30.4 Å². The molecule has 2 fully saturated rings. The van der Waals surface area contributed by atoms with Gasteiger partial charge in [-0.1, -0.05) is 64.1 Å². The minimum absolute atomic E-state index is 0.108. The fourth-order valence-electron chi connectivity index (χ4n) is 7.96. The monoisotopic (exact) mass is 789 g/mol. The number of rotatable bonds is 11. The van der Waals surface area contributed by atoms with E-state index in [0.29, 0.717) is 13.1 Å². The third-order valence-electron chi connectivity index (χ3n) is 11.2. The maximum absolute atomic E-state index is 13.6. The zero-order valence-electron chi connectivity index (χ0n) is 33.7. The highest BCUT2D eigenvalue weighted by molar-refractivity contribution is 5.88. The standard InChI is InChI=1S/C43H51N9O6/c1-24(2)36(49-42(55)57-5)40(53)51-19-7-9-34(51)38-45-23-33(48-38)27-13-11-26(12-14-27)29-16-17-30(44-22-29)28-15-18-31-32(21-28)47-39(46-31)35-10-8-20-52(35)41(54)37(25(3)4)50-43(56)58-6/h11-18,21-25,34-37H,7-10,19-20H2,1-6H3,(H,45,48)(H,46,47)(H,49,55)(H,50,56)/t34-,35-,36-,37-/m0/s1. The van der Waals surface area contributed by atoms with Crippen molar-refractivity contribution in [2.75, 3.05) is 27.3 Å². The van der Waals surface area contributed by atoms with Crippen LogP contribution in [0.5, 0.6) is 0 Å². The van der Waals surface area contributed by atoms with Crippen LogP contribution in [-0.4, -0.2) is 98.1 Å². The Kier molecular flexibility index (Phi) is 11.8. The summed E-state index contributed by atoms with van der Waals surface area (Å²) in [7, 11) is 2.58. The zero-order chi connectivity index (χ0) is 41.1. The molecule has 7 rings (SSSR count). The highest BCUT2D eigenvalue weighted by Gasteiger charge is 2.39. The Morgan fingerprint density at radius 3 is 1.78 bits per heavy atom. The minimum atomic E-state index is -0.697. The average molecular weight is 790 g/mol. The Balaban J connectivity index is 1.02. The van der Waals surface area contributed by atoms with Crippen molar-refractivity contribution in [3.8, 4) is 33.6 Å². The summed E-state index contributed by atoms with van der Waals surface area (Å²) < 4.78 is 9.52. The summed E-state index contributed by atoms with van der Waals surface area (Å²) in [6.45, 7) is 8.77. The lowest BCUT2D eigenvalue weighted by atomic mass is 10.0. The number of nitrogens with one attached hydrogen (secondary N) is 4. The summed E-state index contributed by atoms with van der Waals surface area (Å²) in [6, 6.07) is 16.4. The van der Waals surface area contributed by atoms with Crippen molar-refractivity contribution in [2.45, 2.75) is 77.5 Å². The van der Waals surface area contributed by atoms with Crippen LogP contribution in [0.1, 0.15) is 77.1 Å². The van der Waals surface area contributed by atoms with Gasteiger partial charge in [0.05, 0.1) is 54.9 Å². The van der Waals surface area contributed by atoms with E-state index in [1.807, 2.05) is 87.3 Å². The lowest BCUT2D eigenvalue weighted by Gasteiger charge is -2.30. The first-order chi connectivity index (χ1) is 27.9. The fourth-order valence-corrected chi connectivity index (χ4v) is 7.96. The molecule has 0 radical (unpaired) electrons. The first-order valence-electron chi connectivity index (χ1n) is 19.9. The molecule has 2 aromatic carbocycles. The molecule has 0 bridgehead atoms. The number of carbonyl (C=O) groups is 4. The van der Waals surface area contributed by atoms with Crippen molar-refractivity contribution in [1.82, 2.24) is 45.4 Å². The van der Waals surface area contributed by atoms with Gasteiger partial charge in [0.15, 0.2) is 0 Å². The number of methoxy groups -OCH3 is 2. The molecule has 0 saturated carbocycles. The van der Waals surface area contributed by atoms with Gasteiger partial charge >= 0.3 is 12.2 Å². The van der Waals surface area contributed by atoms with E-state index in [4.69, 9.17) is 19.4 Å². The first kappa shape index (κ1) is 40.0. The topological polar surface area (TPSA) is 188 Å². The number of aromatic nitrogens is 5. The molecule has 5 heterocycles. The number of benzene rings is 2. The van der Waals surface area contributed by atoms with Gasteiger partial charge in [-0.2, -0.15) is 0 Å². The second-order valence-electron chi connectivity index (χ2n) is 15.6. The average Bonchev–Trinajstić information content (AvgIpc) is 4.07. The van der Waals surface area contributed by atoms with Gasteiger partial charge in [0.2, 0.25) is 11.8 Å². The van der Waals surface area contributed by atoms with E-state index in [1.165, 1.54) is 14.2 Å². The molecule has 2 saturated heterocycles. The minimum Gasteiger partial charge on any atom is -0.453 e. The number of hydrogen-bond donors (Lipinski definition) is 4. The quantitative estimate of drug-likeness (QED) is 0.112. The molecule has 4 N–H and O–H groups in total. The van der Waals surface area contributed by atoms with Crippen molar-refractivity contribution in [3.05, 3.63) is 78.6 Å². The summed E-state index contributed by atoms with van der Waals surface area (Å²) >= 11 is 0. The SMILES string of the molecule is COC(=O)N[C@H](C(=O)N1CCC[C@H]1c1ncc(-c2ccc(-c3ccc(-c4ccc5nc([C@@H]6CCCN6C(=O)[C@@H](NC(=O)OC)C(C)C)[nH]c5c4)nc3)cc2)[nH]1)C(C)C. The summed E-state index contributed by atoms with van der Waals surface area (Å²) in [5.41, 5.74) is 7.20. The summed E-state index contributed by atoms with van der Waals surface area (Å²) in [4.78, 5) is 75.9. The normalized spacial score (nSPS) is 17.8. The van der Waals surface area contributed by atoms with Crippen LogP contribution < -0.4 is 10.6 Å². The molecule has 58 heavy (non-hydrogen) atoms. The summed E-state index contributed by atoms with van der Waals surface area (Å²) in [6.07, 6.45) is 5.64. The molecule has 2 aliphatic heterocycles. The van der Waals surface area contributed by atoms with Crippen LogP contribution >= 0.6 is 0 Å². The molecule has 0 spiro atoms. The van der Waals surface area contributed by atoms with Gasteiger partial charge in [-0.15, -0.1) is 0 Å². The maximum Gasteiger partial charge on any atom is 0.407 e. The number of fused-ring (bicyclic) bond motifs is 1. The van der Waals surface area contributed by atoms with Crippen molar-refractivity contribution in [3.63, 3.8) is 0 Å². The van der Waals surface area contributed by atoms with Gasteiger partial charge in [0.25, 0.3) is 0 Å². The number of carbonyl (C=O) groups excluding carboxylic acids is 4. The fraction of sp³-hybridized carbons (Fsp3) is 0.419. The van der Waals surface area contributed by atoms with E-state index in [2.05, 4.69) is 31.7 Å². The zero-order valence-corrected chi connectivity index (χ0v) is 33.7. The Morgan fingerprint density at radius 2 is 1.22 bits per heavy atom. The van der Waals surface area contributed by atoms with Gasteiger partial charge in [0.1, 0.15) is 23.7 Å². The van der Waals surface area contributed by atoms with Crippen LogP contribution in [0.4, 0.5) is 9.59 Å². The largest absolute Gasteiger partial charge is 0.453 e. The van der Waals surface area contributed by atoms with Crippen LogP contribution in [-0.2, 0) is 19.1 Å². The van der Waals surface area contributed by atoms with Gasteiger partial charge in [-0.05, 0) is 66.8 Å². The van der Waals surface area contributed by atoms with E-state index < -0.39 is 24.3 Å². The number of pyridine rings is 1. The summed E-state index contributed by atoms with van der Waals surface area (Å²) in [5.74, 6) is 0.927. The molecular formula is C43H51N9O6. The molecule has 4 amide bonds. The van der Waals surface area contributed by atoms with Crippen LogP contribution in [0.2, 0.25) is 0 Å². The third kappa shape index (κ3) is 8.25. The van der Waals surface area contributed by atoms with Crippen molar-refractivity contribution >= 4 is 35.0 Å². The Hall–Kier alpha value is -6.25. The molecule has 0 unspecified atom stereocenters. The van der Waals surface area contributed by atoms with E-state index in [9.17, 15) is 19.2 Å². The molecule has 3 aromatic heterocycles. The van der Waals surface area contributed by atoms with E-state index in [-0.39, 0.29) is 35.7 Å². The molecule has 5 aromatic rings. The van der Waals surface area contributed by atoms with Gasteiger partial charge in [-0.3, -0.25) is 14.6 Å². The molecule has 4 atom stereocenters. The number of amides is 4. The van der Waals surface area contributed by atoms with Crippen molar-refractivity contribution in [2.24, 2.45) is 11.8 Å². The van der Waals surface area contributed by atoms with E-state index in [0.717, 1.165) is 82.0 Å². The van der Waals surface area contributed by atoms with Crippen molar-refractivity contribution in [1.29, 1.82) is 0 Å². The van der Waals surface area contributed by atoms with Gasteiger partial charge in [-0.25, -0.2) is 19.6 Å².